The number of urea groups is 1. The van der Waals surface area contributed by atoms with Gasteiger partial charge in [-0.15, -0.1) is 10.2 Å². The summed E-state index contributed by atoms with van der Waals surface area (Å²) in [6.45, 7) is 7.82. The van der Waals surface area contributed by atoms with Gasteiger partial charge in [0.15, 0.2) is 5.82 Å². The average molecular weight is 282 g/mol. The molecule has 2 rings (SSSR count). The minimum atomic E-state index is -0.0239. The van der Waals surface area contributed by atoms with Crippen LogP contribution in [0.3, 0.4) is 0 Å². The zero-order chi connectivity index (χ0) is 13.8. The lowest BCUT2D eigenvalue weighted by Gasteiger charge is -2.18. The monoisotopic (exact) mass is 282 g/mol. The van der Waals surface area contributed by atoms with Crippen molar-refractivity contribution in [3.8, 4) is 0 Å². The third kappa shape index (κ3) is 3.01. The molecule has 7 nitrogen and oxygen atoms in total. The molecule has 19 heavy (non-hydrogen) atoms. The zero-order valence-electron chi connectivity index (χ0n) is 11.4. The predicted octanol–water partition coefficient (Wildman–Crippen LogP) is 1.09. The standard InChI is InChI=1S/C11H18N6OS/c1-4-16(5-2)10(18)12-7-6-9-15-17-8(3)13-14-11(17)19-9/h4-7H2,1-3H3,(H,12,18). The number of carbonyl (C=O) groups excluding carboxylic acids is 1. The van der Waals surface area contributed by atoms with Gasteiger partial charge in [-0.1, -0.05) is 11.3 Å². The highest BCUT2D eigenvalue weighted by molar-refractivity contribution is 7.16. The Balaban J connectivity index is 1.87. The molecule has 0 aliphatic heterocycles. The number of rotatable bonds is 5. The molecule has 0 radical (unpaired) electrons. The molecule has 1 N–H and O–H groups in total. The molecule has 2 heterocycles. The predicted molar refractivity (Wildman–Crippen MR) is 73.4 cm³/mol. The molecule has 2 aromatic heterocycles. The van der Waals surface area contributed by atoms with Crippen molar-refractivity contribution in [3.63, 3.8) is 0 Å². The van der Waals surface area contributed by atoms with E-state index in [-0.39, 0.29) is 6.03 Å². The Labute approximate surface area is 115 Å². The maximum Gasteiger partial charge on any atom is 0.317 e. The summed E-state index contributed by atoms with van der Waals surface area (Å²) in [6, 6.07) is -0.0239. The minimum absolute atomic E-state index is 0.0239. The first-order chi connectivity index (χ1) is 9.15. The van der Waals surface area contributed by atoms with Crippen LogP contribution in [-0.4, -0.2) is 50.4 Å². The molecule has 0 spiro atoms. The number of amides is 2. The third-order valence-corrected chi connectivity index (χ3v) is 3.81. The van der Waals surface area contributed by atoms with Gasteiger partial charge in [0.2, 0.25) is 4.96 Å². The lowest BCUT2D eigenvalue weighted by atomic mass is 10.4. The lowest BCUT2D eigenvalue weighted by molar-refractivity contribution is 0.203. The van der Waals surface area contributed by atoms with E-state index in [9.17, 15) is 4.79 Å². The summed E-state index contributed by atoms with van der Waals surface area (Å²) in [6.07, 6.45) is 0.709. The summed E-state index contributed by atoms with van der Waals surface area (Å²) >= 11 is 1.50. The third-order valence-electron chi connectivity index (χ3n) is 2.85. The molecule has 0 saturated heterocycles. The Morgan fingerprint density at radius 1 is 1.37 bits per heavy atom. The summed E-state index contributed by atoms with van der Waals surface area (Å²) in [5.41, 5.74) is 0. The second-order valence-corrected chi connectivity index (χ2v) is 5.13. The molecule has 0 aliphatic rings. The Hall–Kier alpha value is -1.70. The van der Waals surface area contributed by atoms with Crippen LogP contribution in [0.4, 0.5) is 4.79 Å². The van der Waals surface area contributed by atoms with Crippen molar-refractivity contribution in [2.24, 2.45) is 0 Å². The molecule has 0 saturated carbocycles. The summed E-state index contributed by atoms with van der Waals surface area (Å²) < 4.78 is 1.73. The van der Waals surface area contributed by atoms with Gasteiger partial charge in [-0.3, -0.25) is 0 Å². The maximum absolute atomic E-state index is 11.7. The first-order valence-corrected chi connectivity index (χ1v) is 7.17. The fraction of sp³-hybridized carbons (Fsp3) is 0.636. The number of hydrogen-bond acceptors (Lipinski definition) is 5. The van der Waals surface area contributed by atoms with Crippen molar-refractivity contribution < 1.29 is 4.79 Å². The molecule has 0 bridgehead atoms. The summed E-state index contributed by atoms with van der Waals surface area (Å²) in [4.78, 5) is 14.3. The topological polar surface area (TPSA) is 75.4 Å². The van der Waals surface area contributed by atoms with Crippen molar-refractivity contribution >= 4 is 22.3 Å². The summed E-state index contributed by atoms with van der Waals surface area (Å²) in [5.74, 6) is 0.782. The lowest BCUT2D eigenvalue weighted by Crippen LogP contribution is -2.40. The molecular weight excluding hydrogens is 264 g/mol. The second-order valence-electron chi connectivity index (χ2n) is 4.09. The molecule has 0 fully saturated rings. The van der Waals surface area contributed by atoms with Gasteiger partial charge in [-0.2, -0.15) is 9.61 Å². The number of aromatic nitrogens is 4. The van der Waals surface area contributed by atoms with Crippen LogP contribution in [0.1, 0.15) is 24.7 Å². The number of nitrogens with zero attached hydrogens (tertiary/aromatic N) is 5. The number of hydrogen-bond donors (Lipinski definition) is 1. The summed E-state index contributed by atoms with van der Waals surface area (Å²) in [7, 11) is 0. The minimum Gasteiger partial charge on any atom is -0.338 e. The normalized spacial score (nSPS) is 10.9. The highest BCUT2D eigenvalue weighted by Gasteiger charge is 2.10. The van der Waals surface area contributed by atoms with Gasteiger partial charge in [0, 0.05) is 26.1 Å². The van der Waals surface area contributed by atoms with E-state index in [2.05, 4.69) is 20.6 Å². The fourth-order valence-corrected chi connectivity index (χ4v) is 2.63. The van der Waals surface area contributed by atoms with Crippen LogP contribution in [0.2, 0.25) is 0 Å². The molecule has 2 aromatic rings. The van der Waals surface area contributed by atoms with E-state index >= 15 is 0 Å². The van der Waals surface area contributed by atoms with E-state index in [1.165, 1.54) is 11.3 Å². The van der Waals surface area contributed by atoms with E-state index in [1.807, 2.05) is 20.8 Å². The Morgan fingerprint density at radius 2 is 2.11 bits per heavy atom. The smallest absolute Gasteiger partial charge is 0.317 e. The Bertz CT molecular complexity index is 559. The average Bonchev–Trinajstić information content (AvgIpc) is 2.94. The SMILES string of the molecule is CCN(CC)C(=O)NCCc1nn2c(C)nnc2s1. The van der Waals surface area contributed by atoms with Crippen LogP contribution >= 0.6 is 11.3 Å². The quantitative estimate of drug-likeness (QED) is 0.890. The van der Waals surface area contributed by atoms with Gasteiger partial charge in [0.05, 0.1) is 0 Å². The van der Waals surface area contributed by atoms with E-state index < -0.39 is 0 Å². The first-order valence-electron chi connectivity index (χ1n) is 6.36. The molecule has 0 atom stereocenters. The van der Waals surface area contributed by atoms with Gasteiger partial charge in [0.25, 0.3) is 0 Å². The second kappa shape index (κ2) is 5.96. The molecule has 2 amide bonds. The van der Waals surface area contributed by atoms with E-state index in [0.717, 1.165) is 28.9 Å². The van der Waals surface area contributed by atoms with Crippen LogP contribution in [0.5, 0.6) is 0 Å². The molecule has 0 aromatic carbocycles. The fourth-order valence-electron chi connectivity index (χ4n) is 1.75. The highest BCUT2D eigenvalue weighted by atomic mass is 32.1. The van der Waals surface area contributed by atoms with Crippen LogP contribution < -0.4 is 5.32 Å². The van der Waals surface area contributed by atoms with Crippen molar-refractivity contribution in [1.29, 1.82) is 0 Å². The molecular formula is C11H18N6OS. The molecule has 0 aliphatic carbocycles. The van der Waals surface area contributed by atoms with Gasteiger partial charge < -0.3 is 10.2 Å². The van der Waals surface area contributed by atoms with Crippen molar-refractivity contribution in [1.82, 2.24) is 30.0 Å². The van der Waals surface area contributed by atoms with E-state index in [0.29, 0.717) is 13.0 Å². The maximum atomic E-state index is 11.7. The van der Waals surface area contributed by atoms with Crippen molar-refractivity contribution in [2.75, 3.05) is 19.6 Å². The molecule has 8 heteroatoms. The van der Waals surface area contributed by atoms with Gasteiger partial charge in [-0.05, 0) is 20.8 Å². The number of aryl methyl sites for hydroxylation is 1. The van der Waals surface area contributed by atoms with E-state index in [4.69, 9.17) is 0 Å². The summed E-state index contributed by atoms with van der Waals surface area (Å²) in [5, 5.41) is 16.2. The van der Waals surface area contributed by atoms with Gasteiger partial charge >= 0.3 is 6.03 Å². The van der Waals surface area contributed by atoms with Crippen LogP contribution in [0.25, 0.3) is 4.96 Å². The van der Waals surface area contributed by atoms with E-state index in [1.54, 1.807) is 9.42 Å². The number of fused-ring (bicyclic) bond motifs is 1. The van der Waals surface area contributed by atoms with Crippen LogP contribution in [0, 0.1) is 6.92 Å². The van der Waals surface area contributed by atoms with Crippen LogP contribution in [0.15, 0.2) is 0 Å². The number of nitrogens with one attached hydrogen (secondary N) is 1. The molecule has 104 valence electrons. The zero-order valence-corrected chi connectivity index (χ0v) is 12.2. The Morgan fingerprint density at radius 3 is 2.74 bits per heavy atom. The largest absolute Gasteiger partial charge is 0.338 e. The number of carbonyl (C=O) groups is 1. The first kappa shape index (κ1) is 13.7. The Kier molecular flexibility index (Phi) is 4.31. The van der Waals surface area contributed by atoms with Crippen molar-refractivity contribution in [2.45, 2.75) is 27.2 Å². The molecule has 0 unspecified atom stereocenters. The highest BCUT2D eigenvalue weighted by Crippen LogP contribution is 2.13. The van der Waals surface area contributed by atoms with Gasteiger partial charge in [0.1, 0.15) is 5.01 Å². The van der Waals surface area contributed by atoms with Gasteiger partial charge in [-0.25, -0.2) is 4.79 Å². The van der Waals surface area contributed by atoms with Crippen LogP contribution in [-0.2, 0) is 6.42 Å². The van der Waals surface area contributed by atoms with Crippen molar-refractivity contribution in [3.05, 3.63) is 10.8 Å².